The van der Waals surface area contributed by atoms with Gasteiger partial charge in [0.2, 0.25) is 11.8 Å². The molecule has 0 bridgehead atoms. The van der Waals surface area contributed by atoms with E-state index in [1.54, 1.807) is 11.1 Å². The Kier molecular flexibility index (Phi) is 5.33. The lowest BCUT2D eigenvalue weighted by Crippen LogP contribution is -2.26. The molecule has 2 aliphatic heterocycles. The van der Waals surface area contributed by atoms with Crippen LogP contribution in [0.5, 0.6) is 0 Å². The van der Waals surface area contributed by atoms with Gasteiger partial charge in [0.1, 0.15) is 5.82 Å². The molecule has 0 spiro atoms. The number of pyridine rings is 1. The predicted molar refractivity (Wildman–Crippen MR) is 105 cm³/mol. The van der Waals surface area contributed by atoms with E-state index in [4.69, 9.17) is 0 Å². The van der Waals surface area contributed by atoms with Crippen molar-refractivity contribution in [3.8, 4) is 0 Å². The molecule has 0 aromatic carbocycles. The molecule has 2 amide bonds. The number of carbonyl (C=O) groups is 2. The molecule has 4 heterocycles. The van der Waals surface area contributed by atoms with Gasteiger partial charge in [0, 0.05) is 44.2 Å². The number of amides is 2. The van der Waals surface area contributed by atoms with Gasteiger partial charge < -0.3 is 10.2 Å². The van der Waals surface area contributed by atoms with Crippen LogP contribution >= 0.6 is 11.3 Å². The lowest BCUT2D eigenvalue weighted by Gasteiger charge is -2.17. The van der Waals surface area contributed by atoms with Crippen molar-refractivity contribution < 1.29 is 9.59 Å². The molecular formula is C19H23N5O2S. The number of carbonyl (C=O) groups excluding carboxylic acids is 2. The number of hydrogen-bond acceptors (Lipinski definition) is 6. The van der Waals surface area contributed by atoms with E-state index in [9.17, 15) is 9.59 Å². The highest BCUT2D eigenvalue weighted by Crippen LogP contribution is 2.25. The van der Waals surface area contributed by atoms with Crippen LogP contribution in [-0.2, 0) is 22.6 Å². The Bertz CT molecular complexity index is 831. The Hall–Kier alpha value is -2.48. The first-order chi connectivity index (χ1) is 13.2. The van der Waals surface area contributed by atoms with E-state index in [0.717, 1.165) is 37.4 Å². The van der Waals surface area contributed by atoms with Crippen molar-refractivity contribution in [2.75, 3.05) is 29.4 Å². The van der Waals surface area contributed by atoms with E-state index >= 15 is 0 Å². The normalized spacial score (nSPS) is 17.0. The van der Waals surface area contributed by atoms with Crippen LogP contribution in [0.4, 0.5) is 10.9 Å². The summed E-state index contributed by atoms with van der Waals surface area (Å²) in [5.41, 5.74) is 1.75. The Morgan fingerprint density at radius 2 is 2.07 bits per heavy atom. The van der Waals surface area contributed by atoms with Crippen LogP contribution in [0, 0.1) is 0 Å². The molecule has 2 saturated heterocycles. The lowest BCUT2D eigenvalue weighted by atomic mass is 10.2. The quantitative estimate of drug-likeness (QED) is 0.824. The third-order valence-corrected chi connectivity index (χ3v) is 5.83. The zero-order valence-corrected chi connectivity index (χ0v) is 16.0. The van der Waals surface area contributed by atoms with Gasteiger partial charge in [-0.1, -0.05) is 0 Å². The summed E-state index contributed by atoms with van der Waals surface area (Å²) in [4.78, 5) is 36.9. The predicted octanol–water partition coefficient (Wildman–Crippen LogP) is 2.12. The van der Waals surface area contributed by atoms with E-state index in [-0.39, 0.29) is 18.2 Å². The van der Waals surface area contributed by atoms with Crippen LogP contribution in [0.1, 0.15) is 36.9 Å². The van der Waals surface area contributed by atoms with Crippen LogP contribution in [0.2, 0.25) is 0 Å². The van der Waals surface area contributed by atoms with Crippen molar-refractivity contribution in [2.24, 2.45) is 0 Å². The van der Waals surface area contributed by atoms with Crippen molar-refractivity contribution in [2.45, 2.75) is 38.6 Å². The van der Waals surface area contributed by atoms with Crippen LogP contribution < -0.4 is 15.1 Å². The molecule has 2 aromatic heterocycles. The second-order valence-corrected chi connectivity index (χ2v) is 7.78. The number of hydrogen-bond donors (Lipinski definition) is 1. The second-order valence-electron chi connectivity index (χ2n) is 6.94. The van der Waals surface area contributed by atoms with Crippen molar-refractivity contribution in [1.29, 1.82) is 0 Å². The number of nitrogens with zero attached hydrogens (tertiary/aromatic N) is 4. The highest BCUT2D eigenvalue weighted by molar-refractivity contribution is 7.14. The largest absolute Gasteiger partial charge is 0.357 e. The van der Waals surface area contributed by atoms with E-state index in [0.29, 0.717) is 23.8 Å². The summed E-state index contributed by atoms with van der Waals surface area (Å²) in [7, 11) is 0. The molecule has 0 atom stereocenters. The second kappa shape index (κ2) is 8.04. The molecule has 0 saturated carbocycles. The molecule has 2 fully saturated rings. The highest BCUT2D eigenvalue weighted by atomic mass is 32.1. The fraction of sp³-hybridized carbons (Fsp3) is 0.474. The Labute approximate surface area is 162 Å². The third-order valence-electron chi connectivity index (χ3n) is 4.92. The number of anilines is 2. The van der Waals surface area contributed by atoms with E-state index in [1.165, 1.54) is 24.2 Å². The molecule has 0 radical (unpaired) electrons. The van der Waals surface area contributed by atoms with E-state index in [2.05, 4.69) is 20.2 Å². The summed E-state index contributed by atoms with van der Waals surface area (Å²) in [6.07, 6.45) is 5.90. The Morgan fingerprint density at radius 3 is 2.85 bits per heavy atom. The number of thiazole rings is 1. The standard InChI is InChI=1S/C19H23N5O2S/c25-17(11-15-13-27-19(22-15)24-9-3-4-18(24)26)21-12-14-5-6-20-16(10-14)23-7-1-2-8-23/h5-6,10,13H,1-4,7-9,11-12H2,(H,21,25). The minimum Gasteiger partial charge on any atom is -0.357 e. The van der Waals surface area contributed by atoms with Crippen molar-refractivity contribution in [1.82, 2.24) is 15.3 Å². The van der Waals surface area contributed by atoms with Gasteiger partial charge in [-0.15, -0.1) is 11.3 Å². The van der Waals surface area contributed by atoms with Crippen molar-refractivity contribution in [3.63, 3.8) is 0 Å². The maximum absolute atomic E-state index is 12.3. The number of aromatic nitrogens is 2. The molecule has 4 rings (SSSR count). The van der Waals surface area contributed by atoms with Crippen molar-refractivity contribution in [3.05, 3.63) is 35.0 Å². The minimum absolute atomic E-state index is 0.0702. The molecule has 27 heavy (non-hydrogen) atoms. The number of nitrogens with one attached hydrogen (secondary N) is 1. The molecule has 0 aliphatic carbocycles. The molecule has 142 valence electrons. The first-order valence-electron chi connectivity index (χ1n) is 9.40. The van der Waals surface area contributed by atoms with E-state index in [1.807, 2.05) is 17.5 Å². The van der Waals surface area contributed by atoms with Gasteiger partial charge in [0.05, 0.1) is 12.1 Å². The van der Waals surface area contributed by atoms with Gasteiger partial charge >= 0.3 is 0 Å². The van der Waals surface area contributed by atoms with Gasteiger partial charge in [-0.2, -0.15) is 0 Å². The van der Waals surface area contributed by atoms with E-state index < -0.39 is 0 Å². The fourth-order valence-electron chi connectivity index (χ4n) is 3.47. The molecular weight excluding hydrogens is 362 g/mol. The van der Waals surface area contributed by atoms with Gasteiger partial charge in [-0.05, 0) is 37.0 Å². The molecule has 0 unspecified atom stereocenters. The zero-order valence-electron chi connectivity index (χ0n) is 15.2. The van der Waals surface area contributed by atoms with Gasteiger partial charge in [0.15, 0.2) is 5.13 Å². The van der Waals surface area contributed by atoms with Gasteiger partial charge in [0.25, 0.3) is 0 Å². The summed E-state index contributed by atoms with van der Waals surface area (Å²) in [5.74, 6) is 1.03. The van der Waals surface area contributed by atoms with Gasteiger partial charge in [-0.25, -0.2) is 9.97 Å². The zero-order chi connectivity index (χ0) is 18.6. The molecule has 1 N–H and O–H groups in total. The number of rotatable bonds is 6. The summed E-state index contributed by atoms with van der Waals surface area (Å²) < 4.78 is 0. The molecule has 2 aromatic rings. The summed E-state index contributed by atoms with van der Waals surface area (Å²) in [6.45, 7) is 3.30. The molecule has 2 aliphatic rings. The lowest BCUT2D eigenvalue weighted by molar-refractivity contribution is -0.120. The highest BCUT2D eigenvalue weighted by Gasteiger charge is 2.24. The molecule has 8 heteroatoms. The summed E-state index contributed by atoms with van der Waals surface area (Å²) in [5, 5.41) is 5.51. The monoisotopic (exact) mass is 385 g/mol. The van der Waals surface area contributed by atoms with Crippen LogP contribution in [0.3, 0.4) is 0 Å². The maximum atomic E-state index is 12.3. The Balaban J connectivity index is 1.30. The first-order valence-corrected chi connectivity index (χ1v) is 10.3. The average Bonchev–Trinajstić information content (AvgIpc) is 3.42. The van der Waals surface area contributed by atoms with Crippen LogP contribution in [0.25, 0.3) is 0 Å². The van der Waals surface area contributed by atoms with Crippen molar-refractivity contribution >= 4 is 34.1 Å². The Morgan fingerprint density at radius 1 is 1.22 bits per heavy atom. The van der Waals surface area contributed by atoms with Crippen LogP contribution in [0.15, 0.2) is 23.7 Å². The first kappa shape index (κ1) is 17.9. The topological polar surface area (TPSA) is 78.4 Å². The smallest absolute Gasteiger partial charge is 0.228 e. The minimum atomic E-state index is -0.0702. The molecule has 7 nitrogen and oxygen atoms in total. The maximum Gasteiger partial charge on any atom is 0.228 e. The van der Waals surface area contributed by atoms with Crippen LogP contribution in [-0.4, -0.2) is 41.4 Å². The summed E-state index contributed by atoms with van der Waals surface area (Å²) >= 11 is 1.42. The fourth-order valence-corrected chi connectivity index (χ4v) is 4.34. The summed E-state index contributed by atoms with van der Waals surface area (Å²) in [6, 6.07) is 3.98. The SMILES string of the molecule is O=C(Cc1csc(N2CCCC2=O)n1)NCc1ccnc(N2CCCC2)c1. The third kappa shape index (κ3) is 4.27. The van der Waals surface area contributed by atoms with Gasteiger partial charge in [-0.3, -0.25) is 14.5 Å². The average molecular weight is 385 g/mol.